The van der Waals surface area contributed by atoms with E-state index < -0.39 is 0 Å². The largest absolute Gasteiger partial charge is 0.387 e. The second-order valence-corrected chi connectivity index (χ2v) is 5.53. The van der Waals surface area contributed by atoms with Crippen molar-refractivity contribution in [2.24, 2.45) is 0 Å². The highest BCUT2D eigenvalue weighted by molar-refractivity contribution is 7.71. The highest BCUT2D eigenvalue weighted by atomic mass is 32.1. The monoisotopic (exact) mass is 292 g/mol. The zero-order chi connectivity index (χ0) is 13.9. The summed E-state index contributed by atoms with van der Waals surface area (Å²) in [5, 5.41) is 18.0. The fraction of sp³-hybridized carbons (Fsp3) is 0.462. The van der Waals surface area contributed by atoms with Gasteiger partial charge in [0.05, 0.1) is 12.2 Å². The number of hydrogen-bond acceptors (Lipinski definition) is 4. The Balaban J connectivity index is 1.79. The van der Waals surface area contributed by atoms with E-state index in [0.717, 1.165) is 31.6 Å². The summed E-state index contributed by atoms with van der Waals surface area (Å²) in [4.78, 5) is 1.29. The van der Waals surface area contributed by atoms with Crippen LogP contribution in [0.4, 0.5) is 0 Å². The van der Waals surface area contributed by atoms with Crippen molar-refractivity contribution in [2.45, 2.75) is 25.6 Å². The van der Waals surface area contributed by atoms with E-state index in [1.165, 1.54) is 4.90 Å². The molecule has 1 unspecified atom stereocenters. The molecular formula is C13H18N5OS+. The Morgan fingerprint density at radius 1 is 1.30 bits per heavy atom. The van der Waals surface area contributed by atoms with Crippen LogP contribution in [0.3, 0.4) is 0 Å². The lowest BCUT2D eigenvalue weighted by atomic mass is 10.1. The predicted octanol–water partition coefficient (Wildman–Crippen LogP) is -0.205. The number of aromatic nitrogens is 4. The maximum atomic E-state index is 9.71. The molecule has 2 heterocycles. The topological polar surface area (TPSA) is 60.3 Å². The predicted molar refractivity (Wildman–Crippen MR) is 76.1 cm³/mol. The Bertz CT molecular complexity index is 623. The molecule has 20 heavy (non-hydrogen) atoms. The van der Waals surface area contributed by atoms with Gasteiger partial charge in [0.15, 0.2) is 6.67 Å². The summed E-state index contributed by atoms with van der Waals surface area (Å²) >= 11 is 5.43. The molecule has 0 bridgehead atoms. The normalized spacial score (nSPS) is 22.9. The Morgan fingerprint density at radius 3 is 2.85 bits per heavy atom. The average molecular weight is 292 g/mol. The molecule has 0 spiro atoms. The van der Waals surface area contributed by atoms with Crippen molar-refractivity contribution in [1.29, 1.82) is 0 Å². The quantitative estimate of drug-likeness (QED) is 0.769. The average Bonchev–Trinajstić information content (AvgIpc) is 2.81. The van der Waals surface area contributed by atoms with Crippen molar-refractivity contribution in [3.63, 3.8) is 0 Å². The van der Waals surface area contributed by atoms with Crippen molar-refractivity contribution in [1.82, 2.24) is 19.8 Å². The number of tetrazole rings is 1. The highest BCUT2D eigenvalue weighted by Gasteiger charge is 2.22. The summed E-state index contributed by atoms with van der Waals surface area (Å²) in [6.07, 6.45) is 1.72. The third-order valence-electron chi connectivity index (χ3n) is 3.61. The molecule has 1 aromatic heterocycles. The number of nitrogens with zero attached hydrogens (tertiary/aromatic N) is 4. The second kappa shape index (κ2) is 5.82. The van der Waals surface area contributed by atoms with E-state index in [9.17, 15) is 5.11 Å². The number of para-hydroxylation sites is 1. The molecule has 1 saturated heterocycles. The van der Waals surface area contributed by atoms with Gasteiger partial charge in [-0.3, -0.25) is 0 Å². The highest BCUT2D eigenvalue weighted by Crippen LogP contribution is 2.05. The van der Waals surface area contributed by atoms with Crippen LogP contribution in [0.5, 0.6) is 0 Å². The van der Waals surface area contributed by atoms with E-state index in [0.29, 0.717) is 11.4 Å². The molecule has 2 N–H and O–H groups in total. The van der Waals surface area contributed by atoms with Crippen molar-refractivity contribution >= 4 is 12.2 Å². The first-order valence-corrected chi connectivity index (χ1v) is 7.25. The molecule has 0 saturated carbocycles. The zero-order valence-electron chi connectivity index (χ0n) is 11.1. The van der Waals surface area contributed by atoms with Crippen LogP contribution in [-0.2, 0) is 6.67 Å². The zero-order valence-corrected chi connectivity index (χ0v) is 12.0. The first-order valence-electron chi connectivity index (χ1n) is 6.84. The van der Waals surface area contributed by atoms with Gasteiger partial charge in [0.25, 0.3) is 0 Å². The van der Waals surface area contributed by atoms with Gasteiger partial charge in [0.1, 0.15) is 12.6 Å². The van der Waals surface area contributed by atoms with Crippen molar-refractivity contribution in [3.05, 3.63) is 35.1 Å². The van der Waals surface area contributed by atoms with E-state index in [2.05, 4.69) is 10.4 Å². The van der Waals surface area contributed by atoms with E-state index in [1.54, 1.807) is 9.36 Å². The van der Waals surface area contributed by atoms with Crippen LogP contribution in [0, 0.1) is 4.77 Å². The lowest BCUT2D eigenvalue weighted by Crippen LogP contribution is -3.13. The summed E-state index contributed by atoms with van der Waals surface area (Å²) in [7, 11) is 0. The molecule has 7 heteroatoms. The van der Waals surface area contributed by atoms with Gasteiger partial charge < -0.3 is 10.0 Å². The van der Waals surface area contributed by atoms with Crippen LogP contribution in [0.1, 0.15) is 12.8 Å². The summed E-state index contributed by atoms with van der Waals surface area (Å²) < 4.78 is 3.98. The lowest BCUT2D eigenvalue weighted by Gasteiger charge is -2.26. The van der Waals surface area contributed by atoms with E-state index >= 15 is 0 Å². The number of aliphatic hydroxyl groups excluding tert-OH is 1. The summed E-state index contributed by atoms with van der Waals surface area (Å²) in [5.41, 5.74) is 0.914. The molecule has 0 aliphatic carbocycles. The van der Waals surface area contributed by atoms with Crippen LogP contribution >= 0.6 is 12.2 Å². The first-order chi connectivity index (χ1) is 9.74. The van der Waals surface area contributed by atoms with Gasteiger partial charge in [-0.2, -0.15) is 9.36 Å². The molecule has 6 nitrogen and oxygen atoms in total. The molecular weight excluding hydrogens is 274 g/mol. The number of aliphatic hydroxyl groups is 1. The minimum absolute atomic E-state index is 0.211. The number of likely N-dealkylation sites (tertiary alicyclic amines) is 1. The maximum Gasteiger partial charge on any atom is 0.225 e. The number of hydrogen-bond donors (Lipinski definition) is 2. The Hall–Kier alpha value is -1.57. The fourth-order valence-electron chi connectivity index (χ4n) is 2.59. The van der Waals surface area contributed by atoms with Crippen LogP contribution in [0.2, 0.25) is 0 Å². The van der Waals surface area contributed by atoms with Crippen molar-refractivity contribution < 1.29 is 10.0 Å². The molecule has 1 aromatic carbocycles. The van der Waals surface area contributed by atoms with Gasteiger partial charge in [-0.15, -0.1) is 0 Å². The van der Waals surface area contributed by atoms with Crippen LogP contribution < -0.4 is 4.90 Å². The number of benzene rings is 1. The summed E-state index contributed by atoms with van der Waals surface area (Å²) in [5.74, 6) is 0. The van der Waals surface area contributed by atoms with Crippen LogP contribution in [0.25, 0.3) is 5.69 Å². The molecule has 2 atom stereocenters. The van der Waals surface area contributed by atoms with Crippen LogP contribution in [0.15, 0.2) is 30.3 Å². The van der Waals surface area contributed by atoms with Gasteiger partial charge in [-0.05, 0) is 47.6 Å². The lowest BCUT2D eigenvalue weighted by molar-refractivity contribution is -0.931. The number of piperidine rings is 1. The molecule has 0 amide bonds. The number of rotatable bonds is 3. The second-order valence-electron chi connectivity index (χ2n) is 5.17. The van der Waals surface area contributed by atoms with Gasteiger partial charge in [-0.1, -0.05) is 18.2 Å². The summed E-state index contributed by atoms with van der Waals surface area (Å²) in [6.45, 7) is 2.44. The van der Waals surface area contributed by atoms with E-state index in [1.807, 2.05) is 30.3 Å². The minimum atomic E-state index is -0.211. The Kier molecular flexibility index (Phi) is 3.90. The third kappa shape index (κ3) is 2.79. The Morgan fingerprint density at radius 2 is 2.10 bits per heavy atom. The summed E-state index contributed by atoms with van der Waals surface area (Å²) in [6, 6.07) is 9.75. The molecule has 3 rings (SSSR count). The van der Waals surface area contributed by atoms with E-state index in [-0.39, 0.29) is 6.10 Å². The first kappa shape index (κ1) is 13.4. The molecule has 1 aliphatic heterocycles. The van der Waals surface area contributed by atoms with Gasteiger partial charge >= 0.3 is 0 Å². The number of nitrogens with one attached hydrogen (secondary N) is 1. The molecule has 0 radical (unpaired) electrons. The van der Waals surface area contributed by atoms with Crippen molar-refractivity contribution in [2.75, 3.05) is 13.1 Å². The maximum absolute atomic E-state index is 9.71. The third-order valence-corrected chi connectivity index (χ3v) is 3.99. The van der Waals surface area contributed by atoms with Gasteiger partial charge in [-0.25, -0.2) is 0 Å². The standard InChI is InChI=1S/C13H17N5OS/c19-12-7-4-8-16(9-12)10-17-13(20)18(15-14-17)11-5-2-1-3-6-11/h1-3,5-6,12,19H,4,7-10H2/p+1/t12-/m1/s1. The minimum Gasteiger partial charge on any atom is -0.387 e. The van der Waals surface area contributed by atoms with Crippen LogP contribution in [-0.4, -0.2) is 44.1 Å². The molecule has 1 aliphatic rings. The number of quaternary nitrogens is 1. The van der Waals surface area contributed by atoms with E-state index in [4.69, 9.17) is 12.2 Å². The van der Waals surface area contributed by atoms with Crippen molar-refractivity contribution in [3.8, 4) is 5.69 Å². The SMILES string of the molecule is O[C@@H]1CCC[NH+](Cn2nnn(-c3ccccc3)c2=S)C1. The molecule has 2 aromatic rings. The Labute approximate surface area is 122 Å². The smallest absolute Gasteiger partial charge is 0.225 e. The van der Waals surface area contributed by atoms with Gasteiger partial charge in [0, 0.05) is 0 Å². The molecule has 106 valence electrons. The fourth-order valence-corrected chi connectivity index (χ4v) is 2.83. The molecule has 1 fully saturated rings. The van der Waals surface area contributed by atoms with Gasteiger partial charge in [0.2, 0.25) is 4.77 Å².